The first-order valence-corrected chi connectivity index (χ1v) is 5.94. The van der Waals surface area contributed by atoms with Crippen LogP contribution in [0.2, 0.25) is 0 Å². The van der Waals surface area contributed by atoms with Crippen LogP contribution in [0.1, 0.15) is 6.42 Å². The Labute approximate surface area is 108 Å². The van der Waals surface area contributed by atoms with Gasteiger partial charge in [-0.1, -0.05) is 0 Å². The van der Waals surface area contributed by atoms with Gasteiger partial charge in [0.25, 0.3) is 5.69 Å². The summed E-state index contributed by atoms with van der Waals surface area (Å²) in [5, 5.41) is 10.7. The van der Waals surface area contributed by atoms with Crippen molar-refractivity contribution in [2.45, 2.75) is 12.6 Å². The van der Waals surface area contributed by atoms with Gasteiger partial charge in [-0.15, -0.1) is 11.6 Å². The third-order valence-electron chi connectivity index (χ3n) is 2.67. The zero-order chi connectivity index (χ0) is 13.1. The molecule has 0 bridgehead atoms. The zero-order valence-electron chi connectivity index (χ0n) is 9.41. The van der Waals surface area contributed by atoms with Crippen molar-refractivity contribution in [1.82, 2.24) is 0 Å². The van der Waals surface area contributed by atoms with E-state index in [0.717, 1.165) is 0 Å². The molecule has 0 N–H and O–H groups in total. The number of benzene rings is 1. The molecule has 0 aromatic heterocycles. The number of non-ortho nitro benzene ring substituents is 1. The van der Waals surface area contributed by atoms with Crippen LogP contribution in [0, 0.1) is 10.1 Å². The Morgan fingerprint density at radius 3 is 2.94 bits per heavy atom. The van der Waals surface area contributed by atoms with E-state index in [4.69, 9.17) is 16.3 Å². The van der Waals surface area contributed by atoms with E-state index in [2.05, 4.69) is 0 Å². The zero-order valence-corrected chi connectivity index (χ0v) is 10.2. The fourth-order valence-corrected chi connectivity index (χ4v) is 1.98. The number of nitro benzene ring substituents is 1. The van der Waals surface area contributed by atoms with Gasteiger partial charge < -0.3 is 9.64 Å². The quantitative estimate of drug-likeness (QED) is 0.354. The van der Waals surface area contributed by atoms with E-state index in [9.17, 15) is 14.9 Å². The van der Waals surface area contributed by atoms with Gasteiger partial charge in [0, 0.05) is 18.5 Å². The molecule has 0 aliphatic carbocycles. The summed E-state index contributed by atoms with van der Waals surface area (Å²) in [6.07, 6.45) is 0.636. The monoisotopic (exact) mass is 270 g/mol. The predicted molar refractivity (Wildman–Crippen MR) is 66.3 cm³/mol. The average molecular weight is 271 g/mol. The number of halogens is 1. The Morgan fingerprint density at radius 2 is 2.33 bits per heavy atom. The highest BCUT2D eigenvalue weighted by atomic mass is 35.5. The van der Waals surface area contributed by atoms with Crippen LogP contribution in [0.15, 0.2) is 18.2 Å². The Balaban J connectivity index is 2.30. The number of nitro groups is 1. The largest absolute Gasteiger partial charge is 0.461 e. The first-order chi connectivity index (χ1) is 8.67. The van der Waals surface area contributed by atoms with Gasteiger partial charge in [0.15, 0.2) is 12.0 Å². The molecule has 0 spiro atoms. The Bertz CT molecular complexity index is 480. The molecule has 7 heteroatoms. The third kappa shape index (κ3) is 2.24. The highest BCUT2D eigenvalue weighted by molar-refractivity contribution is 6.17. The van der Waals surface area contributed by atoms with E-state index < -0.39 is 11.2 Å². The molecule has 0 amide bonds. The van der Waals surface area contributed by atoms with Gasteiger partial charge in [-0.2, -0.15) is 0 Å². The van der Waals surface area contributed by atoms with Gasteiger partial charge in [0.05, 0.1) is 16.7 Å². The molecule has 18 heavy (non-hydrogen) atoms. The van der Waals surface area contributed by atoms with Crippen molar-refractivity contribution >= 4 is 29.3 Å². The molecule has 2 rings (SSSR count). The second kappa shape index (κ2) is 5.22. The van der Waals surface area contributed by atoms with Crippen molar-refractivity contribution < 1.29 is 14.5 Å². The maximum atomic E-state index is 10.9. The van der Waals surface area contributed by atoms with Gasteiger partial charge >= 0.3 is 0 Å². The number of aldehydes is 1. The molecule has 1 heterocycles. The highest BCUT2D eigenvalue weighted by Crippen LogP contribution is 2.39. The number of rotatable bonds is 5. The lowest BCUT2D eigenvalue weighted by molar-refractivity contribution is -0.384. The van der Waals surface area contributed by atoms with Crippen molar-refractivity contribution in [2.24, 2.45) is 0 Å². The third-order valence-corrected chi connectivity index (χ3v) is 2.93. The van der Waals surface area contributed by atoms with Gasteiger partial charge in [-0.3, -0.25) is 14.9 Å². The Hall–Kier alpha value is -1.82. The summed E-state index contributed by atoms with van der Waals surface area (Å²) in [6, 6.07) is 4.31. The van der Waals surface area contributed by atoms with E-state index in [1.165, 1.54) is 12.1 Å². The number of carbonyl (C=O) groups is 1. The lowest BCUT2D eigenvalue weighted by atomic mass is 10.2. The fraction of sp³-hybridized carbons (Fsp3) is 0.364. The SMILES string of the molecule is O=CC1Oc2cc([N+](=O)[O-])ccc2N1CCCCl. The number of hydrogen-bond donors (Lipinski definition) is 0. The molecule has 1 atom stereocenters. The second-order valence-corrected chi connectivity index (χ2v) is 4.17. The van der Waals surface area contributed by atoms with Crippen molar-refractivity contribution in [2.75, 3.05) is 17.3 Å². The molecule has 1 unspecified atom stereocenters. The van der Waals surface area contributed by atoms with Crippen molar-refractivity contribution in [3.05, 3.63) is 28.3 Å². The Morgan fingerprint density at radius 1 is 1.56 bits per heavy atom. The molecule has 6 nitrogen and oxygen atoms in total. The van der Waals surface area contributed by atoms with E-state index in [1.54, 1.807) is 11.0 Å². The number of carbonyl (C=O) groups excluding carboxylic acids is 1. The average Bonchev–Trinajstić information content (AvgIpc) is 2.72. The molecule has 1 aliphatic rings. The molecule has 0 saturated heterocycles. The number of nitrogens with zero attached hydrogens (tertiary/aromatic N) is 2. The summed E-state index contributed by atoms with van der Waals surface area (Å²) in [7, 11) is 0. The molecule has 1 aromatic carbocycles. The topological polar surface area (TPSA) is 72.7 Å². The van der Waals surface area contributed by atoms with Gasteiger partial charge in [-0.05, 0) is 12.5 Å². The number of ether oxygens (including phenoxy) is 1. The van der Waals surface area contributed by atoms with E-state index in [1.807, 2.05) is 0 Å². The van der Waals surface area contributed by atoms with Crippen LogP contribution in [0.3, 0.4) is 0 Å². The molecule has 0 radical (unpaired) electrons. The lowest BCUT2D eigenvalue weighted by Crippen LogP contribution is -2.36. The highest BCUT2D eigenvalue weighted by Gasteiger charge is 2.31. The molecule has 1 aliphatic heterocycles. The molecule has 0 saturated carbocycles. The molecule has 0 fully saturated rings. The van der Waals surface area contributed by atoms with Crippen LogP contribution in [0.5, 0.6) is 5.75 Å². The fourth-order valence-electron chi connectivity index (χ4n) is 1.86. The van der Waals surface area contributed by atoms with Gasteiger partial charge in [-0.25, -0.2) is 0 Å². The summed E-state index contributed by atoms with van der Waals surface area (Å²) >= 11 is 5.62. The smallest absolute Gasteiger partial charge is 0.273 e. The van der Waals surface area contributed by atoms with Crippen LogP contribution < -0.4 is 9.64 Å². The number of anilines is 1. The van der Waals surface area contributed by atoms with Gasteiger partial charge in [0.1, 0.15) is 0 Å². The summed E-state index contributed by atoms with van der Waals surface area (Å²) in [4.78, 5) is 22.8. The normalized spacial score (nSPS) is 17.2. The Kier molecular flexibility index (Phi) is 3.66. The van der Waals surface area contributed by atoms with Crippen LogP contribution in [0.4, 0.5) is 11.4 Å². The van der Waals surface area contributed by atoms with Crippen molar-refractivity contribution in [1.29, 1.82) is 0 Å². The second-order valence-electron chi connectivity index (χ2n) is 3.79. The summed E-state index contributed by atoms with van der Waals surface area (Å²) < 4.78 is 5.37. The van der Waals surface area contributed by atoms with E-state index in [-0.39, 0.29) is 5.69 Å². The van der Waals surface area contributed by atoms with Crippen LogP contribution >= 0.6 is 11.6 Å². The number of alkyl halides is 1. The van der Waals surface area contributed by atoms with E-state index >= 15 is 0 Å². The first kappa shape index (κ1) is 12.6. The minimum Gasteiger partial charge on any atom is -0.461 e. The minimum absolute atomic E-state index is 0.0578. The van der Waals surface area contributed by atoms with Crippen LogP contribution in [-0.2, 0) is 4.79 Å². The van der Waals surface area contributed by atoms with Gasteiger partial charge in [0.2, 0.25) is 6.23 Å². The summed E-state index contributed by atoms with van der Waals surface area (Å²) in [6.45, 7) is 0.567. The lowest BCUT2D eigenvalue weighted by Gasteiger charge is -2.20. The summed E-state index contributed by atoms with van der Waals surface area (Å²) in [5.41, 5.74) is 0.625. The molecular weight excluding hydrogens is 260 g/mol. The van der Waals surface area contributed by atoms with Crippen molar-refractivity contribution in [3.8, 4) is 5.75 Å². The predicted octanol–water partition coefficient (Wildman–Crippen LogP) is 1.95. The first-order valence-electron chi connectivity index (χ1n) is 5.40. The summed E-state index contributed by atoms with van der Waals surface area (Å²) in [5.74, 6) is 0.834. The van der Waals surface area contributed by atoms with Crippen LogP contribution in [-0.4, -0.2) is 29.9 Å². The number of hydrogen-bond acceptors (Lipinski definition) is 5. The maximum Gasteiger partial charge on any atom is 0.273 e. The van der Waals surface area contributed by atoms with Crippen LogP contribution in [0.25, 0.3) is 0 Å². The van der Waals surface area contributed by atoms with Crippen molar-refractivity contribution in [3.63, 3.8) is 0 Å². The standard InChI is InChI=1S/C11H11ClN2O4/c12-4-1-5-13-9-3-2-8(14(16)17)6-10(9)18-11(13)7-15/h2-3,6-7,11H,1,4-5H2. The molecular formula is C11H11ClN2O4. The molecule has 1 aromatic rings. The van der Waals surface area contributed by atoms with E-state index in [0.29, 0.717) is 36.6 Å². The number of fused-ring (bicyclic) bond motifs is 1. The minimum atomic E-state index is -0.731. The molecule has 96 valence electrons. The maximum absolute atomic E-state index is 10.9.